The largest absolute Gasteiger partial charge is 0.493 e. The fourth-order valence-electron chi connectivity index (χ4n) is 3.19. The van der Waals surface area contributed by atoms with E-state index in [-0.39, 0.29) is 17.2 Å². The van der Waals surface area contributed by atoms with Gasteiger partial charge in [-0.3, -0.25) is 38.9 Å². The van der Waals surface area contributed by atoms with E-state index in [2.05, 4.69) is 15.5 Å². The molecule has 0 spiro atoms. The van der Waals surface area contributed by atoms with Crippen molar-refractivity contribution in [2.75, 3.05) is 0 Å². The van der Waals surface area contributed by atoms with Crippen LogP contribution in [0.15, 0.2) is 32.0 Å². The van der Waals surface area contributed by atoms with E-state index >= 15 is 0 Å². The van der Waals surface area contributed by atoms with Crippen molar-refractivity contribution >= 4 is 28.6 Å². The minimum atomic E-state index is -1.23. The average Bonchev–Trinajstić information content (AvgIpc) is 2.95. The SMILES string of the molecule is CC(C)NC1C(=O)c2ccc([N+](=O)[O-])c(N=Nc3c(O)n(C)c(=O)n(C)c3=O)c2C1=O. The molecule has 1 aromatic carbocycles. The number of ketones is 2. The predicted octanol–water partition coefficient (Wildman–Crippen LogP) is 0.859. The van der Waals surface area contributed by atoms with E-state index in [0.717, 1.165) is 23.7 Å². The van der Waals surface area contributed by atoms with Crippen LogP contribution < -0.4 is 16.6 Å². The summed E-state index contributed by atoms with van der Waals surface area (Å²) in [4.78, 5) is 60.3. The maximum atomic E-state index is 12.9. The van der Waals surface area contributed by atoms with E-state index < -0.39 is 56.7 Å². The Morgan fingerprint density at radius 3 is 2.26 bits per heavy atom. The fraction of sp³-hybridized carbons (Fsp3) is 0.333. The zero-order valence-electron chi connectivity index (χ0n) is 16.9. The number of hydrogen-bond donors (Lipinski definition) is 2. The van der Waals surface area contributed by atoms with Crippen molar-refractivity contribution in [1.29, 1.82) is 0 Å². The smallest absolute Gasteiger partial charge is 0.333 e. The Balaban J connectivity index is 2.24. The minimum Gasteiger partial charge on any atom is -0.493 e. The standard InChI is InChI=1S/C18H18N6O7/c1-7(2)19-12-14(25)8-5-6-9(24(30)31)11(10(8)15(12)26)20-21-13-16(27)22(3)18(29)23(4)17(13)28/h5-7,12,19,27H,1-4H3. The number of hydrogen-bond acceptors (Lipinski definition) is 10. The third-order valence-electron chi connectivity index (χ3n) is 4.75. The Morgan fingerprint density at radius 1 is 1.06 bits per heavy atom. The summed E-state index contributed by atoms with van der Waals surface area (Å²) < 4.78 is 1.39. The molecule has 2 aromatic rings. The molecule has 0 amide bonds. The normalized spacial score (nSPS) is 15.8. The number of Topliss-reactive ketones (excluding diaryl/α,β-unsaturated/α-hetero) is 2. The molecule has 1 atom stereocenters. The lowest BCUT2D eigenvalue weighted by Crippen LogP contribution is -2.42. The Hall–Kier alpha value is -4.00. The monoisotopic (exact) mass is 430 g/mol. The second kappa shape index (κ2) is 7.68. The molecule has 13 nitrogen and oxygen atoms in total. The fourth-order valence-corrected chi connectivity index (χ4v) is 3.19. The highest BCUT2D eigenvalue weighted by molar-refractivity contribution is 6.31. The molecular weight excluding hydrogens is 412 g/mol. The second-order valence-electron chi connectivity index (χ2n) is 7.17. The first-order chi connectivity index (χ1) is 14.5. The van der Waals surface area contributed by atoms with Gasteiger partial charge in [0.15, 0.2) is 17.3 Å². The van der Waals surface area contributed by atoms with Gasteiger partial charge < -0.3 is 5.11 Å². The van der Waals surface area contributed by atoms with Crippen LogP contribution in [0.25, 0.3) is 0 Å². The number of benzene rings is 1. The molecule has 1 aliphatic rings. The van der Waals surface area contributed by atoms with Crippen LogP contribution in [0.3, 0.4) is 0 Å². The molecule has 1 aromatic heterocycles. The maximum Gasteiger partial charge on any atom is 0.333 e. The predicted molar refractivity (Wildman–Crippen MR) is 107 cm³/mol. The van der Waals surface area contributed by atoms with Crippen molar-refractivity contribution < 1.29 is 19.6 Å². The number of azo groups is 1. The van der Waals surface area contributed by atoms with Crippen LogP contribution in [0.2, 0.25) is 0 Å². The van der Waals surface area contributed by atoms with Gasteiger partial charge in [0, 0.05) is 31.8 Å². The van der Waals surface area contributed by atoms with E-state index in [0.29, 0.717) is 4.57 Å². The Bertz CT molecular complexity index is 1290. The molecule has 0 bridgehead atoms. The van der Waals surface area contributed by atoms with Gasteiger partial charge >= 0.3 is 5.69 Å². The van der Waals surface area contributed by atoms with Gasteiger partial charge in [-0.15, -0.1) is 10.2 Å². The van der Waals surface area contributed by atoms with Gasteiger partial charge in [-0.25, -0.2) is 4.79 Å². The van der Waals surface area contributed by atoms with E-state index in [1.165, 1.54) is 7.05 Å². The molecule has 13 heteroatoms. The van der Waals surface area contributed by atoms with E-state index in [4.69, 9.17) is 0 Å². The number of rotatable bonds is 5. The number of fused-ring (bicyclic) bond motifs is 1. The third kappa shape index (κ3) is 3.44. The Morgan fingerprint density at radius 2 is 1.68 bits per heavy atom. The van der Waals surface area contributed by atoms with Crippen molar-refractivity contribution in [3.8, 4) is 5.88 Å². The van der Waals surface area contributed by atoms with Gasteiger partial charge in [-0.05, 0) is 19.9 Å². The second-order valence-corrected chi connectivity index (χ2v) is 7.17. The molecule has 0 saturated heterocycles. The van der Waals surface area contributed by atoms with Crippen molar-refractivity contribution in [3.63, 3.8) is 0 Å². The first kappa shape index (κ1) is 21.7. The summed E-state index contributed by atoms with van der Waals surface area (Å²) in [7, 11) is 2.33. The number of aromatic nitrogens is 2. The van der Waals surface area contributed by atoms with Gasteiger partial charge in [0.1, 0.15) is 6.04 Å². The van der Waals surface area contributed by atoms with E-state index in [1.807, 2.05) is 0 Å². The zero-order valence-corrected chi connectivity index (χ0v) is 16.9. The third-order valence-corrected chi connectivity index (χ3v) is 4.75. The van der Waals surface area contributed by atoms with Crippen LogP contribution in [0.4, 0.5) is 17.1 Å². The molecule has 2 N–H and O–H groups in total. The molecule has 3 rings (SSSR count). The van der Waals surface area contributed by atoms with Gasteiger partial charge in [0.05, 0.1) is 10.5 Å². The summed E-state index contributed by atoms with van der Waals surface area (Å²) in [6.45, 7) is 3.45. The highest BCUT2D eigenvalue weighted by atomic mass is 16.6. The van der Waals surface area contributed by atoms with Crippen molar-refractivity contribution in [2.45, 2.75) is 25.9 Å². The molecule has 0 saturated carbocycles. The van der Waals surface area contributed by atoms with Gasteiger partial charge in [0.2, 0.25) is 11.6 Å². The zero-order chi connectivity index (χ0) is 23.2. The van der Waals surface area contributed by atoms with Crippen LogP contribution in [-0.4, -0.2) is 42.8 Å². The highest BCUT2D eigenvalue weighted by Crippen LogP contribution is 2.39. The lowest BCUT2D eigenvalue weighted by Gasteiger charge is -2.12. The molecule has 162 valence electrons. The summed E-state index contributed by atoms with van der Waals surface area (Å²) in [5, 5.41) is 31.7. The van der Waals surface area contributed by atoms with Gasteiger partial charge in [-0.2, -0.15) is 0 Å². The quantitative estimate of drug-likeness (QED) is 0.303. The van der Waals surface area contributed by atoms with Crippen LogP contribution in [0.1, 0.15) is 34.6 Å². The first-order valence-electron chi connectivity index (χ1n) is 9.04. The molecule has 31 heavy (non-hydrogen) atoms. The van der Waals surface area contributed by atoms with Crippen molar-refractivity contribution in [1.82, 2.24) is 14.5 Å². The van der Waals surface area contributed by atoms with Crippen LogP contribution in [0, 0.1) is 10.1 Å². The lowest BCUT2D eigenvalue weighted by atomic mass is 10.1. The molecule has 1 heterocycles. The van der Waals surface area contributed by atoms with Crippen molar-refractivity contribution in [3.05, 3.63) is 54.2 Å². The van der Waals surface area contributed by atoms with Gasteiger partial charge in [0.25, 0.3) is 11.2 Å². The molecular formula is C18H18N6O7. The van der Waals surface area contributed by atoms with Crippen molar-refractivity contribution in [2.24, 2.45) is 24.3 Å². The maximum absolute atomic E-state index is 12.9. The molecule has 1 unspecified atom stereocenters. The molecule has 0 aliphatic heterocycles. The summed E-state index contributed by atoms with van der Waals surface area (Å²) in [5.74, 6) is -2.10. The number of carbonyl (C=O) groups excluding carboxylic acids is 2. The number of carbonyl (C=O) groups is 2. The number of nitrogens with zero attached hydrogens (tertiary/aromatic N) is 5. The average molecular weight is 430 g/mol. The molecule has 0 radical (unpaired) electrons. The van der Waals surface area contributed by atoms with Crippen LogP contribution in [-0.2, 0) is 14.1 Å². The Labute approximate surface area is 173 Å². The highest BCUT2D eigenvalue weighted by Gasteiger charge is 2.43. The number of nitro groups is 1. The summed E-state index contributed by atoms with van der Waals surface area (Å²) in [6, 6.07) is 0.717. The number of nitro benzene ring substituents is 1. The van der Waals surface area contributed by atoms with E-state index in [9.17, 15) is 34.4 Å². The minimum absolute atomic E-state index is 0.0692. The summed E-state index contributed by atoms with van der Waals surface area (Å²) in [6.07, 6.45) is 0. The van der Waals surface area contributed by atoms with Gasteiger partial charge in [-0.1, -0.05) is 0 Å². The lowest BCUT2D eigenvalue weighted by molar-refractivity contribution is -0.384. The van der Waals surface area contributed by atoms with Crippen LogP contribution in [0.5, 0.6) is 5.88 Å². The summed E-state index contributed by atoms with van der Waals surface area (Å²) >= 11 is 0. The van der Waals surface area contributed by atoms with Crippen LogP contribution >= 0.6 is 0 Å². The molecule has 0 fully saturated rings. The summed E-state index contributed by atoms with van der Waals surface area (Å²) in [5.41, 5.74) is -4.00. The Kier molecular flexibility index (Phi) is 5.38. The number of aromatic hydroxyl groups is 1. The first-order valence-corrected chi connectivity index (χ1v) is 9.04. The topological polar surface area (TPSA) is 178 Å². The van der Waals surface area contributed by atoms with E-state index in [1.54, 1.807) is 13.8 Å². The molecule has 1 aliphatic carbocycles. The number of nitrogens with one attached hydrogen (secondary N) is 1.